The van der Waals surface area contributed by atoms with Gasteiger partial charge in [-0.25, -0.2) is 0 Å². The van der Waals surface area contributed by atoms with Crippen LogP contribution in [0.3, 0.4) is 0 Å². The smallest absolute Gasteiger partial charge is 0.406 e. The van der Waals surface area contributed by atoms with E-state index in [-0.39, 0.29) is 5.75 Å². The number of aromatic nitrogens is 1. The maximum atomic E-state index is 12.2. The van der Waals surface area contributed by atoms with E-state index >= 15 is 0 Å². The summed E-state index contributed by atoms with van der Waals surface area (Å²) >= 11 is 0. The van der Waals surface area contributed by atoms with Gasteiger partial charge in [0.25, 0.3) is 5.91 Å². The maximum absolute atomic E-state index is 12.2. The summed E-state index contributed by atoms with van der Waals surface area (Å²) in [6, 6.07) is 16.3. The van der Waals surface area contributed by atoms with E-state index in [0.29, 0.717) is 5.69 Å². The summed E-state index contributed by atoms with van der Waals surface area (Å²) in [6.45, 7) is 0. The quantitative estimate of drug-likeness (QED) is 0.738. The molecule has 0 atom stereocenters. The summed E-state index contributed by atoms with van der Waals surface area (Å²) in [4.78, 5) is 14.0. The van der Waals surface area contributed by atoms with E-state index < -0.39 is 12.3 Å². The molecule has 2 aromatic carbocycles. The fraction of sp³-hybridized carbons (Fsp3) is 0.0556. The minimum absolute atomic E-state index is 0.266. The number of carbonyl (C=O) groups excluding carboxylic acids is 1. The molecule has 0 saturated carbocycles. The number of hydrogen-bond acceptors (Lipinski definition) is 2. The first-order valence-electron chi connectivity index (χ1n) is 7.27. The molecule has 4 nitrogen and oxygen atoms in total. The number of ether oxygens (including phenoxy) is 1. The van der Waals surface area contributed by atoms with Gasteiger partial charge in [0, 0.05) is 5.69 Å². The number of aromatic amines is 1. The number of amides is 1. The molecule has 0 spiro atoms. The van der Waals surface area contributed by atoms with Crippen molar-refractivity contribution in [2.75, 3.05) is 0 Å². The van der Waals surface area contributed by atoms with Crippen molar-refractivity contribution in [3.8, 4) is 28.1 Å². The lowest BCUT2D eigenvalue weighted by atomic mass is 10.0. The van der Waals surface area contributed by atoms with Crippen molar-refractivity contribution >= 4 is 5.91 Å². The SMILES string of the molecule is NC(=O)c1ccc(-c2ccc(-c3ccc(OC(F)(F)F)cc3)cc2)[nH]1. The van der Waals surface area contributed by atoms with Crippen LogP contribution in [0.25, 0.3) is 22.4 Å². The van der Waals surface area contributed by atoms with Crippen LogP contribution >= 0.6 is 0 Å². The second-order valence-electron chi connectivity index (χ2n) is 5.30. The highest BCUT2D eigenvalue weighted by Gasteiger charge is 2.30. The number of benzene rings is 2. The molecule has 25 heavy (non-hydrogen) atoms. The Morgan fingerprint density at radius 2 is 1.36 bits per heavy atom. The minimum Gasteiger partial charge on any atom is -0.406 e. The molecule has 3 aromatic rings. The van der Waals surface area contributed by atoms with Crippen molar-refractivity contribution in [1.82, 2.24) is 4.98 Å². The topological polar surface area (TPSA) is 68.1 Å². The number of alkyl halides is 3. The Balaban J connectivity index is 1.78. The lowest BCUT2D eigenvalue weighted by Crippen LogP contribution is -2.16. The Labute approximate surface area is 141 Å². The number of primary amides is 1. The summed E-state index contributed by atoms with van der Waals surface area (Å²) in [7, 11) is 0. The van der Waals surface area contributed by atoms with Crippen LogP contribution < -0.4 is 10.5 Å². The molecule has 1 amide bonds. The standard InChI is InChI=1S/C18H13F3N2O2/c19-18(20,21)25-14-7-5-12(6-8-14)11-1-3-13(4-2-11)15-9-10-16(23-15)17(22)24/h1-10,23H,(H2,22,24). The fourth-order valence-corrected chi connectivity index (χ4v) is 2.40. The molecule has 0 aliphatic rings. The summed E-state index contributed by atoms with van der Waals surface area (Å²) in [5.74, 6) is -0.803. The third-order valence-electron chi connectivity index (χ3n) is 3.57. The van der Waals surface area contributed by atoms with Gasteiger partial charge < -0.3 is 15.5 Å². The molecule has 0 saturated heterocycles. The monoisotopic (exact) mass is 346 g/mol. The van der Waals surface area contributed by atoms with E-state index in [1.54, 1.807) is 24.3 Å². The van der Waals surface area contributed by atoms with Gasteiger partial charge in [-0.3, -0.25) is 4.79 Å². The maximum Gasteiger partial charge on any atom is 0.573 e. The number of rotatable bonds is 4. The Kier molecular flexibility index (Phi) is 4.22. The number of nitrogens with one attached hydrogen (secondary N) is 1. The first kappa shape index (κ1) is 16.6. The lowest BCUT2D eigenvalue weighted by Gasteiger charge is -2.09. The van der Waals surface area contributed by atoms with E-state index in [1.165, 1.54) is 12.1 Å². The van der Waals surface area contributed by atoms with Crippen molar-refractivity contribution in [3.63, 3.8) is 0 Å². The van der Waals surface area contributed by atoms with Crippen LogP contribution in [0.4, 0.5) is 13.2 Å². The Hall–Kier alpha value is -3.22. The van der Waals surface area contributed by atoms with Gasteiger partial charge >= 0.3 is 6.36 Å². The van der Waals surface area contributed by atoms with Gasteiger partial charge in [-0.05, 0) is 41.0 Å². The average molecular weight is 346 g/mol. The number of hydrogen-bond donors (Lipinski definition) is 2. The Morgan fingerprint density at radius 3 is 1.84 bits per heavy atom. The highest BCUT2D eigenvalue weighted by atomic mass is 19.4. The van der Waals surface area contributed by atoms with Gasteiger partial charge in [-0.15, -0.1) is 13.2 Å². The summed E-state index contributed by atoms with van der Waals surface area (Å²) in [5.41, 5.74) is 8.72. The normalized spacial score (nSPS) is 11.3. The minimum atomic E-state index is -4.71. The van der Waals surface area contributed by atoms with Gasteiger partial charge in [0.05, 0.1) is 0 Å². The van der Waals surface area contributed by atoms with Crippen molar-refractivity contribution in [2.24, 2.45) is 5.73 Å². The second kappa shape index (κ2) is 6.35. The predicted molar refractivity (Wildman–Crippen MR) is 86.9 cm³/mol. The molecule has 0 fully saturated rings. The molecule has 128 valence electrons. The summed E-state index contributed by atoms with van der Waals surface area (Å²) in [6.07, 6.45) is -4.71. The average Bonchev–Trinajstić information content (AvgIpc) is 3.05. The van der Waals surface area contributed by atoms with Gasteiger partial charge in [-0.2, -0.15) is 0 Å². The molecule has 7 heteroatoms. The van der Waals surface area contributed by atoms with Crippen LogP contribution in [-0.2, 0) is 0 Å². The summed E-state index contributed by atoms with van der Waals surface area (Å²) in [5, 5.41) is 0. The Bertz CT molecular complexity index is 882. The van der Waals surface area contributed by atoms with Crippen molar-refractivity contribution < 1.29 is 22.7 Å². The van der Waals surface area contributed by atoms with E-state index in [9.17, 15) is 18.0 Å². The predicted octanol–water partition coefficient (Wildman–Crippen LogP) is 4.35. The molecule has 0 unspecified atom stereocenters. The van der Waals surface area contributed by atoms with Crippen molar-refractivity contribution in [1.29, 1.82) is 0 Å². The van der Waals surface area contributed by atoms with Crippen LogP contribution in [0.2, 0.25) is 0 Å². The third-order valence-corrected chi connectivity index (χ3v) is 3.57. The zero-order valence-corrected chi connectivity index (χ0v) is 12.8. The third kappa shape index (κ3) is 4.00. The first-order valence-corrected chi connectivity index (χ1v) is 7.27. The highest BCUT2D eigenvalue weighted by molar-refractivity contribution is 5.92. The molecule has 3 N–H and O–H groups in total. The summed E-state index contributed by atoms with van der Waals surface area (Å²) < 4.78 is 40.4. The van der Waals surface area contributed by atoms with Crippen molar-refractivity contribution in [3.05, 3.63) is 66.4 Å². The number of carbonyl (C=O) groups is 1. The van der Waals surface area contributed by atoms with Gasteiger partial charge in [0.1, 0.15) is 11.4 Å². The van der Waals surface area contributed by atoms with E-state index in [4.69, 9.17) is 5.73 Å². The molecule has 3 rings (SSSR count). The largest absolute Gasteiger partial charge is 0.573 e. The number of halogens is 3. The molecular formula is C18H13F3N2O2. The molecule has 1 heterocycles. The van der Waals surface area contributed by atoms with E-state index in [0.717, 1.165) is 22.4 Å². The number of H-pyrrole nitrogens is 1. The molecule has 1 aromatic heterocycles. The van der Waals surface area contributed by atoms with Crippen LogP contribution in [0.15, 0.2) is 60.7 Å². The fourth-order valence-electron chi connectivity index (χ4n) is 2.40. The molecule has 0 bridgehead atoms. The van der Waals surface area contributed by atoms with Crippen molar-refractivity contribution in [2.45, 2.75) is 6.36 Å². The lowest BCUT2D eigenvalue weighted by molar-refractivity contribution is -0.274. The van der Waals surface area contributed by atoms with Crippen LogP contribution in [0, 0.1) is 0 Å². The van der Waals surface area contributed by atoms with E-state index in [1.807, 2.05) is 24.3 Å². The zero-order chi connectivity index (χ0) is 18.0. The highest BCUT2D eigenvalue weighted by Crippen LogP contribution is 2.28. The zero-order valence-electron chi connectivity index (χ0n) is 12.8. The first-order chi connectivity index (χ1) is 11.8. The van der Waals surface area contributed by atoms with Crippen LogP contribution in [0.5, 0.6) is 5.75 Å². The molecule has 0 aliphatic heterocycles. The molecule has 0 radical (unpaired) electrons. The van der Waals surface area contributed by atoms with Gasteiger partial charge in [-0.1, -0.05) is 36.4 Å². The van der Waals surface area contributed by atoms with Gasteiger partial charge in [0.15, 0.2) is 0 Å². The molecule has 0 aliphatic carbocycles. The van der Waals surface area contributed by atoms with Crippen LogP contribution in [0.1, 0.15) is 10.5 Å². The second-order valence-corrected chi connectivity index (χ2v) is 5.30. The molecular weight excluding hydrogens is 333 g/mol. The number of nitrogens with two attached hydrogens (primary N) is 1. The Morgan fingerprint density at radius 1 is 0.840 bits per heavy atom. The van der Waals surface area contributed by atoms with Gasteiger partial charge in [0.2, 0.25) is 0 Å². The van der Waals surface area contributed by atoms with E-state index in [2.05, 4.69) is 9.72 Å². The van der Waals surface area contributed by atoms with Crippen LogP contribution in [-0.4, -0.2) is 17.3 Å².